The van der Waals surface area contributed by atoms with Gasteiger partial charge in [-0.15, -0.1) is 22.7 Å². The largest absolute Gasteiger partial charge is 0.483 e. The van der Waals surface area contributed by atoms with Crippen LogP contribution in [0.5, 0.6) is 5.75 Å². The van der Waals surface area contributed by atoms with Crippen molar-refractivity contribution in [2.24, 2.45) is 0 Å². The molecule has 0 fully saturated rings. The molecule has 1 N–H and O–H groups in total. The lowest BCUT2D eigenvalue weighted by molar-refractivity contribution is -0.118. The maximum absolute atomic E-state index is 12.5. The number of thiophene rings is 1. The van der Waals surface area contributed by atoms with Crippen molar-refractivity contribution in [3.05, 3.63) is 87.1 Å². The number of anilines is 1. The van der Waals surface area contributed by atoms with Crippen LogP contribution in [0.2, 0.25) is 0 Å². The summed E-state index contributed by atoms with van der Waals surface area (Å²) in [5, 5.41) is 6.85. The van der Waals surface area contributed by atoms with Gasteiger partial charge in [-0.05, 0) is 42.1 Å². The highest BCUT2D eigenvalue weighted by atomic mass is 32.1. The quantitative estimate of drug-likeness (QED) is 0.384. The van der Waals surface area contributed by atoms with Gasteiger partial charge in [0, 0.05) is 29.4 Å². The molecule has 32 heavy (non-hydrogen) atoms. The molecule has 0 atom stereocenters. The molecule has 8 heteroatoms. The first-order valence-electron chi connectivity index (χ1n) is 10.0. The number of benzene rings is 2. The van der Waals surface area contributed by atoms with Crippen LogP contribution in [0.1, 0.15) is 10.6 Å². The Morgan fingerprint density at radius 1 is 1.16 bits per heavy atom. The maximum atomic E-state index is 12.5. The van der Waals surface area contributed by atoms with Crippen molar-refractivity contribution in [3.8, 4) is 5.75 Å². The Hall–Kier alpha value is -3.49. The average Bonchev–Trinajstić information content (AvgIpc) is 3.41. The zero-order valence-corrected chi connectivity index (χ0v) is 18.8. The molecule has 0 aliphatic heterocycles. The predicted molar refractivity (Wildman–Crippen MR) is 130 cm³/mol. The molecule has 2 aromatic carbocycles. The number of rotatable bonds is 6. The van der Waals surface area contributed by atoms with Crippen LogP contribution in [0.4, 0.5) is 5.69 Å². The molecule has 3 aromatic heterocycles. The second-order valence-electron chi connectivity index (χ2n) is 7.32. The van der Waals surface area contributed by atoms with E-state index in [0.29, 0.717) is 18.0 Å². The summed E-state index contributed by atoms with van der Waals surface area (Å²) in [5.74, 6) is 0.456. The summed E-state index contributed by atoms with van der Waals surface area (Å²) in [6.07, 6.45) is 1.75. The summed E-state index contributed by atoms with van der Waals surface area (Å²) in [7, 11) is 0. The van der Waals surface area contributed by atoms with Crippen LogP contribution in [-0.4, -0.2) is 22.1 Å². The summed E-state index contributed by atoms with van der Waals surface area (Å²) in [4.78, 5) is 28.9. The fourth-order valence-electron chi connectivity index (χ4n) is 3.53. The number of fused-ring (bicyclic) bond motifs is 3. The third-order valence-corrected chi connectivity index (χ3v) is 6.86. The number of carbonyl (C=O) groups is 1. The van der Waals surface area contributed by atoms with Gasteiger partial charge in [0.05, 0.1) is 26.5 Å². The number of hydrogen-bond donors (Lipinski definition) is 1. The zero-order chi connectivity index (χ0) is 22.1. The van der Waals surface area contributed by atoms with Crippen LogP contribution >= 0.6 is 22.7 Å². The minimum absolute atomic E-state index is 0.0477. The lowest BCUT2D eigenvalue weighted by Gasteiger charge is -2.10. The Bertz CT molecular complexity index is 1480. The number of nitrogens with zero attached hydrogens (tertiary/aromatic N) is 2. The monoisotopic (exact) mass is 461 g/mol. The molecule has 0 radical (unpaired) electrons. The van der Waals surface area contributed by atoms with E-state index >= 15 is 0 Å². The van der Waals surface area contributed by atoms with Gasteiger partial charge in [0.2, 0.25) is 0 Å². The summed E-state index contributed by atoms with van der Waals surface area (Å²) in [6, 6.07) is 16.5. The van der Waals surface area contributed by atoms with Gasteiger partial charge in [0.15, 0.2) is 6.61 Å². The van der Waals surface area contributed by atoms with Crippen molar-refractivity contribution in [1.82, 2.24) is 9.55 Å². The van der Waals surface area contributed by atoms with Gasteiger partial charge in [-0.1, -0.05) is 18.2 Å². The number of pyridine rings is 1. The highest BCUT2D eigenvalue weighted by Gasteiger charge is 2.14. The number of thiazole rings is 1. The zero-order valence-electron chi connectivity index (χ0n) is 17.2. The highest BCUT2D eigenvalue weighted by Crippen LogP contribution is 2.38. The Morgan fingerprint density at radius 3 is 2.81 bits per heavy atom. The predicted octanol–water partition coefficient (Wildman–Crippen LogP) is 5.05. The van der Waals surface area contributed by atoms with Crippen molar-refractivity contribution >= 4 is 54.6 Å². The molecule has 0 spiro atoms. The molecule has 3 heterocycles. The number of nitrogens with one attached hydrogen (secondary N) is 1. The molecule has 0 unspecified atom stereocenters. The summed E-state index contributed by atoms with van der Waals surface area (Å²) >= 11 is 3.24. The number of hydrogen-bond acceptors (Lipinski definition) is 6. The van der Waals surface area contributed by atoms with E-state index in [1.807, 2.05) is 54.8 Å². The Balaban J connectivity index is 1.25. The van der Waals surface area contributed by atoms with Gasteiger partial charge in [-0.25, -0.2) is 4.98 Å². The lowest BCUT2D eigenvalue weighted by atomic mass is 10.2. The maximum Gasteiger partial charge on any atom is 0.262 e. The molecule has 0 aliphatic carbocycles. The normalized spacial score (nSPS) is 11.2. The lowest BCUT2D eigenvalue weighted by Crippen LogP contribution is -2.20. The molecule has 0 saturated heterocycles. The number of carbonyl (C=O) groups excluding carboxylic acids is 1. The third kappa shape index (κ3) is 4.15. The van der Waals surface area contributed by atoms with Gasteiger partial charge >= 0.3 is 0 Å². The van der Waals surface area contributed by atoms with E-state index in [-0.39, 0.29) is 18.1 Å². The van der Waals surface area contributed by atoms with Crippen LogP contribution < -0.4 is 15.6 Å². The van der Waals surface area contributed by atoms with Crippen LogP contribution in [0.15, 0.2) is 71.0 Å². The molecule has 6 nitrogen and oxygen atoms in total. The van der Waals surface area contributed by atoms with E-state index in [1.54, 1.807) is 39.5 Å². The van der Waals surface area contributed by atoms with Gasteiger partial charge in [0.1, 0.15) is 5.75 Å². The SMILES string of the molecule is Cc1nc2c(cc(OCC(=O)Nc3ccc(Cn4ccccc4=O)cc3)c3ccsc32)s1. The molecule has 0 aliphatic rings. The Kier molecular flexibility index (Phi) is 5.46. The summed E-state index contributed by atoms with van der Waals surface area (Å²) in [5.41, 5.74) is 2.60. The van der Waals surface area contributed by atoms with Crippen molar-refractivity contribution in [1.29, 1.82) is 0 Å². The Morgan fingerprint density at radius 2 is 2.00 bits per heavy atom. The first kappa shape index (κ1) is 20.4. The average molecular weight is 462 g/mol. The van der Waals surface area contributed by atoms with E-state index in [1.165, 1.54) is 6.07 Å². The van der Waals surface area contributed by atoms with Crippen LogP contribution in [0.25, 0.3) is 20.3 Å². The van der Waals surface area contributed by atoms with Gasteiger partial charge < -0.3 is 14.6 Å². The van der Waals surface area contributed by atoms with E-state index in [0.717, 1.165) is 30.9 Å². The molecule has 5 aromatic rings. The molecule has 0 bridgehead atoms. The van der Waals surface area contributed by atoms with Crippen LogP contribution in [0.3, 0.4) is 0 Å². The summed E-state index contributed by atoms with van der Waals surface area (Å²) < 4.78 is 9.65. The van der Waals surface area contributed by atoms with Crippen molar-refractivity contribution < 1.29 is 9.53 Å². The fourth-order valence-corrected chi connectivity index (χ4v) is 5.36. The van der Waals surface area contributed by atoms with Crippen molar-refractivity contribution in [2.75, 3.05) is 11.9 Å². The number of aryl methyl sites for hydroxylation is 1. The molecular weight excluding hydrogens is 442 g/mol. The number of ether oxygens (including phenoxy) is 1. The van der Waals surface area contributed by atoms with E-state index in [4.69, 9.17) is 4.74 Å². The minimum Gasteiger partial charge on any atom is -0.483 e. The molecule has 5 rings (SSSR count). The van der Waals surface area contributed by atoms with E-state index in [9.17, 15) is 9.59 Å². The van der Waals surface area contributed by atoms with E-state index < -0.39 is 0 Å². The molecule has 1 amide bonds. The third-order valence-electron chi connectivity index (χ3n) is 5.02. The minimum atomic E-state index is -0.235. The van der Waals surface area contributed by atoms with Gasteiger partial charge in [-0.2, -0.15) is 0 Å². The van der Waals surface area contributed by atoms with Gasteiger partial charge in [-0.3, -0.25) is 9.59 Å². The molecular formula is C24H19N3O3S2. The fraction of sp³-hybridized carbons (Fsp3) is 0.125. The second-order valence-corrected chi connectivity index (χ2v) is 9.47. The molecule has 160 valence electrons. The number of aromatic nitrogens is 2. The topological polar surface area (TPSA) is 73.2 Å². The second kappa shape index (κ2) is 8.57. The standard InChI is InChI=1S/C24H19N3O3S2/c1-15-25-23-20(32-15)12-19(18-9-11-31-24(18)23)30-14-21(28)26-17-7-5-16(6-8-17)13-27-10-3-2-4-22(27)29/h2-12H,13-14H2,1H3,(H,26,28). The van der Waals surface area contributed by atoms with Gasteiger partial charge in [0.25, 0.3) is 11.5 Å². The Labute approximate surface area is 191 Å². The number of amides is 1. The first-order valence-corrected chi connectivity index (χ1v) is 11.7. The van der Waals surface area contributed by atoms with Crippen LogP contribution in [-0.2, 0) is 11.3 Å². The van der Waals surface area contributed by atoms with E-state index in [2.05, 4.69) is 10.3 Å². The van der Waals surface area contributed by atoms with Crippen molar-refractivity contribution in [3.63, 3.8) is 0 Å². The smallest absolute Gasteiger partial charge is 0.262 e. The van der Waals surface area contributed by atoms with Crippen molar-refractivity contribution in [2.45, 2.75) is 13.5 Å². The first-order chi connectivity index (χ1) is 15.6. The highest BCUT2D eigenvalue weighted by molar-refractivity contribution is 7.21. The summed E-state index contributed by atoms with van der Waals surface area (Å²) in [6.45, 7) is 2.38. The molecule has 0 saturated carbocycles. The van der Waals surface area contributed by atoms with Crippen LogP contribution in [0, 0.1) is 6.92 Å².